The predicted octanol–water partition coefficient (Wildman–Crippen LogP) is 3.48. The van der Waals surface area contributed by atoms with Crippen molar-refractivity contribution in [2.45, 2.75) is 13.1 Å². The van der Waals surface area contributed by atoms with E-state index in [4.69, 9.17) is 4.74 Å². The van der Waals surface area contributed by atoms with Crippen molar-refractivity contribution in [3.63, 3.8) is 0 Å². The molecule has 0 unspecified atom stereocenters. The molecule has 3 nitrogen and oxygen atoms in total. The van der Waals surface area contributed by atoms with Crippen molar-refractivity contribution >= 4 is 15.9 Å². The van der Waals surface area contributed by atoms with Crippen LogP contribution in [0.5, 0.6) is 5.75 Å². The van der Waals surface area contributed by atoms with Crippen molar-refractivity contribution in [1.29, 1.82) is 0 Å². The second-order valence-electron chi connectivity index (χ2n) is 4.49. The third-order valence-electron chi connectivity index (χ3n) is 2.83. The van der Waals surface area contributed by atoms with Crippen LogP contribution in [0.4, 0.5) is 0 Å². The largest absolute Gasteiger partial charge is 0.497 e. The normalized spacial score (nSPS) is 10.7. The number of hydrogen-bond acceptors (Lipinski definition) is 3. The summed E-state index contributed by atoms with van der Waals surface area (Å²) in [5, 5.41) is 0. The molecular weight excluding hydrogens is 304 g/mol. The monoisotopic (exact) mass is 320 g/mol. The molecule has 0 N–H and O–H groups in total. The Kier molecular flexibility index (Phi) is 4.93. The number of rotatable bonds is 5. The summed E-state index contributed by atoms with van der Waals surface area (Å²) < 4.78 is 6.16. The molecular formula is C15H17BrN2O. The van der Waals surface area contributed by atoms with Gasteiger partial charge in [-0.05, 0) is 52.8 Å². The third-order valence-corrected chi connectivity index (χ3v) is 3.30. The lowest BCUT2D eigenvalue weighted by Crippen LogP contribution is -2.17. The Morgan fingerprint density at radius 1 is 1.11 bits per heavy atom. The second-order valence-corrected chi connectivity index (χ2v) is 5.40. The van der Waals surface area contributed by atoms with Gasteiger partial charge in [0.1, 0.15) is 5.75 Å². The molecule has 0 atom stereocenters. The van der Waals surface area contributed by atoms with Crippen LogP contribution in [0.15, 0.2) is 47.1 Å². The highest BCUT2D eigenvalue weighted by atomic mass is 79.9. The first kappa shape index (κ1) is 14.0. The molecule has 0 spiro atoms. The topological polar surface area (TPSA) is 25.4 Å². The summed E-state index contributed by atoms with van der Waals surface area (Å²) in [5.41, 5.74) is 2.33. The maximum atomic E-state index is 5.15. The van der Waals surface area contributed by atoms with E-state index in [1.165, 1.54) is 5.56 Å². The molecule has 0 bridgehead atoms. The van der Waals surface area contributed by atoms with Crippen LogP contribution >= 0.6 is 15.9 Å². The van der Waals surface area contributed by atoms with E-state index in [0.717, 1.165) is 29.0 Å². The lowest BCUT2D eigenvalue weighted by atomic mass is 10.2. The number of aromatic nitrogens is 1. The van der Waals surface area contributed by atoms with Gasteiger partial charge in [-0.2, -0.15) is 0 Å². The van der Waals surface area contributed by atoms with Gasteiger partial charge in [0.2, 0.25) is 0 Å². The molecule has 0 aliphatic carbocycles. The predicted molar refractivity (Wildman–Crippen MR) is 80.1 cm³/mol. The van der Waals surface area contributed by atoms with Gasteiger partial charge in [0.25, 0.3) is 0 Å². The van der Waals surface area contributed by atoms with Crippen LogP contribution in [0.1, 0.15) is 11.3 Å². The van der Waals surface area contributed by atoms with Crippen LogP contribution in [0.25, 0.3) is 0 Å². The molecule has 100 valence electrons. The van der Waals surface area contributed by atoms with E-state index in [9.17, 15) is 0 Å². The SMILES string of the molecule is COc1ccc(CN(C)Cc2ccc(Br)cn2)cc1. The number of nitrogens with zero attached hydrogens (tertiary/aromatic N) is 2. The molecule has 0 aliphatic heterocycles. The fourth-order valence-electron chi connectivity index (χ4n) is 1.88. The van der Waals surface area contributed by atoms with Gasteiger partial charge in [-0.1, -0.05) is 12.1 Å². The van der Waals surface area contributed by atoms with Crippen molar-refractivity contribution in [2.24, 2.45) is 0 Å². The summed E-state index contributed by atoms with van der Waals surface area (Å²) in [4.78, 5) is 6.61. The Morgan fingerprint density at radius 3 is 2.42 bits per heavy atom. The van der Waals surface area contributed by atoms with E-state index in [1.807, 2.05) is 30.5 Å². The van der Waals surface area contributed by atoms with Gasteiger partial charge in [-0.3, -0.25) is 9.88 Å². The summed E-state index contributed by atoms with van der Waals surface area (Å²) in [6.45, 7) is 1.72. The standard InChI is InChI=1S/C15H17BrN2O/c1-18(11-14-6-5-13(16)9-17-14)10-12-3-7-15(19-2)8-4-12/h3-9H,10-11H2,1-2H3. The van der Waals surface area contributed by atoms with Gasteiger partial charge in [-0.25, -0.2) is 0 Å². The third kappa shape index (κ3) is 4.33. The number of pyridine rings is 1. The molecule has 4 heteroatoms. The fraction of sp³-hybridized carbons (Fsp3) is 0.267. The Labute approximate surface area is 122 Å². The zero-order valence-corrected chi connectivity index (χ0v) is 12.7. The molecule has 0 fully saturated rings. The van der Waals surface area contributed by atoms with Crippen LogP contribution in [0.2, 0.25) is 0 Å². The van der Waals surface area contributed by atoms with Gasteiger partial charge in [-0.15, -0.1) is 0 Å². The Balaban J connectivity index is 1.92. The first-order chi connectivity index (χ1) is 9.17. The smallest absolute Gasteiger partial charge is 0.118 e. The zero-order chi connectivity index (χ0) is 13.7. The van der Waals surface area contributed by atoms with Crippen LogP contribution in [0, 0.1) is 0 Å². The number of ether oxygens (including phenoxy) is 1. The van der Waals surface area contributed by atoms with Gasteiger partial charge in [0.15, 0.2) is 0 Å². The molecule has 0 saturated heterocycles. The van der Waals surface area contributed by atoms with E-state index in [0.29, 0.717) is 0 Å². The van der Waals surface area contributed by atoms with Gasteiger partial charge >= 0.3 is 0 Å². The van der Waals surface area contributed by atoms with E-state index in [-0.39, 0.29) is 0 Å². The Morgan fingerprint density at radius 2 is 1.84 bits per heavy atom. The molecule has 0 radical (unpaired) electrons. The molecule has 2 aromatic rings. The summed E-state index contributed by atoms with van der Waals surface area (Å²) in [6.07, 6.45) is 1.83. The number of benzene rings is 1. The van der Waals surface area contributed by atoms with Crippen molar-refractivity contribution in [3.8, 4) is 5.75 Å². The number of methoxy groups -OCH3 is 1. The first-order valence-electron chi connectivity index (χ1n) is 6.09. The maximum Gasteiger partial charge on any atom is 0.118 e. The highest BCUT2D eigenvalue weighted by Gasteiger charge is 2.03. The molecule has 1 heterocycles. The maximum absolute atomic E-state index is 5.15. The van der Waals surface area contributed by atoms with E-state index in [1.54, 1.807) is 7.11 Å². The van der Waals surface area contributed by atoms with Crippen LogP contribution in [-0.4, -0.2) is 24.0 Å². The minimum Gasteiger partial charge on any atom is -0.497 e. The minimum atomic E-state index is 0.833. The molecule has 0 saturated carbocycles. The average Bonchev–Trinajstić information content (AvgIpc) is 2.42. The molecule has 1 aromatic carbocycles. The quantitative estimate of drug-likeness (QED) is 0.843. The van der Waals surface area contributed by atoms with Gasteiger partial charge < -0.3 is 4.74 Å². The number of hydrogen-bond donors (Lipinski definition) is 0. The molecule has 19 heavy (non-hydrogen) atoms. The fourth-order valence-corrected chi connectivity index (χ4v) is 2.11. The van der Waals surface area contributed by atoms with Crippen molar-refractivity contribution in [2.75, 3.05) is 14.2 Å². The van der Waals surface area contributed by atoms with E-state index >= 15 is 0 Å². The lowest BCUT2D eigenvalue weighted by molar-refractivity contribution is 0.315. The van der Waals surface area contributed by atoms with Gasteiger partial charge in [0, 0.05) is 23.8 Å². The average molecular weight is 321 g/mol. The van der Waals surface area contributed by atoms with Crippen LogP contribution in [-0.2, 0) is 13.1 Å². The van der Waals surface area contributed by atoms with Gasteiger partial charge in [0.05, 0.1) is 12.8 Å². The van der Waals surface area contributed by atoms with Crippen molar-refractivity contribution in [1.82, 2.24) is 9.88 Å². The van der Waals surface area contributed by atoms with Crippen LogP contribution < -0.4 is 4.74 Å². The second kappa shape index (κ2) is 6.68. The highest BCUT2D eigenvalue weighted by Crippen LogP contribution is 2.14. The summed E-state index contributed by atoms with van der Waals surface area (Å²) in [5.74, 6) is 0.890. The molecule has 0 aliphatic rings. The van der Waals surface area contributed by atoms with Crippen molar-refractivity contribution < 1.29 is 4.74 Å². The molecule has 1 aromatic heterocycles. The summed E-state index contributed by atoms with van der Waals surface area (Å²) >= 11 is 3.39. The van der Waals surface area contributed by atoms with Crippen LogP contribution in [0.3, 0.4) is 0 Å². The minimum absolute atomic E-state index is 0.833. The molecule has 2 rings (SSSR count). The van der Waals surface area contributed by atoms with E-state index < -0.39 is 0 Å². The lowest BCUT2D eigenvalue weighted by Gasteiger charge is -2.16. The van der Waals surface area contributed by atoms with Crippen molar-refractivity contribution in [3.05, 3.63) is 58.3 Å². The first-order valence-corrected chi connectivity index (χ1v) is 6.88. The number of halogens is 1. The molecule has 0 amide bonds. The summed E-state index contributed by atoms with van der Waals surface area (Å²) in [7, 11) is 3.77. The summed E-state index contributed by atoms with van der Waals surface area (Å²) in [6, 6.07) is 12.2. The zero-order valence-electron chi connectivity index (χ0n) is 11.1. The Hall–Kier alpha value is -1.39. The highest BCUT2D eigenvalue weighted by molar-refractivity contribution is 9.10. The van der Waals surface area contributed by atoms with E-state index in [2.05, 4.69) is 45.0 Å². The Bertz CT molecular complexity index is 511.